The summed E-state index contributed by atoms with van der Waals surface area (Å²) in [5.41, 5.74) is 1.18. The largest absolute Gasteiger partial charge is 0.481 e. The van der Waals surface area contributed by atoms with Gasteiger partial charge in [0.15, 0.2) is 0 Å². The fraction of sp³-hybridized carbons (Fsp3) is 0.960. The minimum atomic E-state index is -0.629. The summed E-state index contributed by atoms with van der Waals surface area (Å²) in [5, 5.41) is 8.98. The molecule has 0 amide bonds. The van der Waals surface area contributed by atoms with Gasteiger partial charge < -0.3 is 5.11 Å². The summed E-state index contributed by atoms with van der Waals surface area (Å²) in [6, 6.07) is 0. The van der Waals surface area contributed by atoms with Crippen molar-refractivity contribution in [3.8, 4) is 0 Å². The van der Waals surface area contributed by atoms with Crippen LogP contribution in [0.1, 0.15) is 104 Å². The molecule has 0 heterocycles. The summed E-state index contributed by atoms with van der Waals surface area (Å²) in [7, 11) is 0. The van der Waals surface area contributed by atoms with Gasteiger partial charge >= 0.3 is 5.97 Å². The van der Waals surface area contributed by atoms with Crippen LogP contribution in [0.4, 0.5) is 0 Å². The van der Waals surface area contributed by atoms with Gasteiger partial charge in [-0.1, -0.05) is 33.6 Å². The van der Waals surface area contributed by atoms with Crippen molar-refractivity contribution in [2.45, 2.75) is 104 Å². The molecule has 154 valence electrons. The van der Waals surface area contributed by atoms with Crippen LogP contribution in [0, 0.1) is 46.3 Å². The first-order chi connectivity index (χ1) is 12.9. The zero-order valence-electron chi connectivity index (χ0n) is 18.0. The van der Waals surface area contributed by atoms with Gasteiger partial charge in [-0.05, 0) is 111 Å². The van der Waals surface area contributed by atoms with Crippen LogP contribution in [0.3, 0.4) is 0 Å². The third-order valence-corrected chi connectivity index (χ3v) is 10.4. The molecule has 0 aliphatic heterocycles. The first-order valence-electron chi connectivity index (χ1n) is 12.1. The van der Waals surface area contributed by atoms with Crippen molar-refractivity contribution in [2.24, 2.45) is 46.3 Å². The number of aliphatic carboxylic acids is 1. The minimum absolute atomic E-state index is 0.349. The number of hydrogen-bond donors (Lipinski definition) is 1. The third-order valence-electron chi connectivity index (χ3n) is 10.4. The second kappa shape index (κ2) is 7.38. The number of fused-ring (bicyclic) bond motifs is 5. The van der Waals surface area contributed by atoms with Crippen molar-refractivity contribution >= 4 is 5.97 Å². The first-order valence-corrected chi connectivity index (χ1v) is 12.1. The second-order valence-electron chi connectivity index (χ2n) is 11.4. The zero-order valence-corrected chi connectivity index (χ0v) is 18.0. The van der Waals surface area contributed by atoms with Crippen molar-refractivity contribution < 1.29 is 9.90 Å². The van der Waals surface area contributed by atoms with Gasteiger partial charge in [-0.3, -0.25) is 4.79 Å². The second-order valence-corrected chi connectivity index (χ2v) is 11.4. The molecule has 4 rings (SSSR count). The van der Waals surface area contributed by atoms with Gasteiger partial charge in [-0.25, -0.2) is 0 Å². The molecule has 0 unspecified atom stereocenters. The van der Waals surface area contributed by atoms with E-state index in [2.05, 4.69) is 20.8 Å². The maximum absolute atomic E-state index is 10.9. The van der Waals surface area contributed by atoms with Crippen molar-refractivity contribution in [1.82, 2.24) is 0 Å². The Morgan fingerprint density at radius 3 is 2.52 bits per heavy atom. The van der Waals surface area contributed by atoms with E-state index in [0.717, 1.165) is 42.4 Å². The van der Waals surface area contributed by atoms with Gasteiger partial charge in [0, 0.05) is 6.42 Å². The minimum Gasteiger partial charge on any atom is -0.481 e. The third kappa shape index (κ3) is 3.27. The van der Waals surface area contributed by atoms with Crippen molar-refractivity contribution in [3.05, 3.63) is 0 Å². The van der Waals surface area contributed by atoms with Crippen LogP contribution in [0.15, 0.2) is 0 Å². The van der Waals surface area contributed by atoms with Crippen LogP contribution in [-0.4, -0.2) is 11.1 Å². The molecule has 4 fully saturated rings. The molecule has 27 heavy (non-hydrogen) atoms. The van der Waals surface area contributed by atoms with Gasteiger partial charge in [0.1, 0.15) is 0 Å². The van der Waals surface area contributed by atoms with Crippen LogP contribution in [0.25, 0.3) is 0 Å². The molecule has 2 nitrogen and oxygen atoms in total. The lowest BCUT2D eigenvalue weighted by molar-refractivity contribution is -0.137. The van der Waals surface area contributed by atoms with E-state index >= 15 is 0 Å². The van der Waals surface area contributed by atoms with Gasteiger partial charge in [0.25, 0.3) is 0 Å². The monoisotopic (exact) mass is 374 g/mol. The average Bonchev–Trinajstić information content (AvgIpc) is 2.98. The van der Waals surface area contributed by atoms with Gasteiger partial charge in [0.05, 0.1) is 0 Å². The molecular weight excluding hydrogens is 332 g/mol. The summed E-state index contributed by atoms with van der Waals surface area (Å²) >= 11 is 0. The van der Waals surface area contributed by atoms with Crippen LogP contribution in [0.2, 0.25) is 0 Å². The zero-order chi connectivity index (χ0) is 19.2. The molecule has 4 aliphatic carbocycles. The Balaban J connectivity index is 1.47. The Bertz CT molecular complexity index is 557. The maximum Gasteiger partial charge on any atom is 0.303 e. The van der Waals surface area contributed by atoms with E-state index < -0.39 is 5.97 Å². The van der Waals surface area contributed by atoms with E-state index in [4.69, 9.17) is 5.11 Å². The van der Waals surface area contributed by atoms with Crippen LogP contribution < -0.4 is 0 Å². The highest BCUT2D eigenvalue weighted by Gasteiger charge is 2.59. The van der Waals surface area contributed by atoms with Gasteiger partial charge in [-0.15, -0.1) is 0 Å². The molecule has 2 heteroatoms. The normalized spacial score (nSPS) is 47.6. The predicted octanol–water partition coefficient (Wildman–Crippen LogP) is 6.93. The van der Waals surface area contributed by atoms with Crippen molar-refractivity contribution in [3.63, 3.8) is 0 Å². The molecule has 4 aliphatic rings. The number of rotatable bonds is 5. The van der Waals surface area contributed by atoms with E-state index in [1.807, 2.05) is 0 Å². The van der Waals surface area contributed by atoms with E-state index in [1.54, 1.807) is 0 Å². The first kappa shape index (κ1) is 19.8. The SMILES string of the molecule is C[C@H](CCCC(=O)O)[C@H]1CC[C@H]2[C@@H]3CC[C@@H]4CCCC[C@]4(C)[C@H]3CC[C@]12C. The van der Waals surface area contributed by atoms with E-state index in [0.29, 0.717) is 23.2 Å². The van der Waals surface area contributed by atoms with E-state index in [9.17, 15) is 4.79 Å². The molecule has 0 aromatic heterocycles. The number of carboxylic acid groups (broad SMARTS) is 1. The highest BCUT2D eigenvalue weighted by atomic mass is 16.4. The van der Waals surface area contributed by atoms with Crippen LogP contribution in [-0.2, 0) is 4.79 Å². The molecule has 1 N–H and O–H groups in total. The summed E-state index contributed by atoms with van der Waals surface area (Å²) < 4.78 is 0. The van der Waals surface area contributed by atoms with E-state index in [1.165, 1.54) is 64.2 Å². The average molecular weight is 375 g/mol. The lowest BCUT2D eigenvalue weighted by Gasteiger charge is -2.61. The topological polar surface area (TPSA) is 37.3 Å². The lowest BCUT2D eigenvalue weighted by atomic mass is 9.44. The Morgan fingerprint density at radius 1 is 0.963 bits per heavy atom. The van der Waals surface area contributed by atoms with Gasteiger partial charge in [-0.2, -0.15) is 0 Å². The molecule has 0 radical (unpaired) electrons. The fourth-order valence-corrected chi connectivity index (χ4v) is 9.05. The molecule has 4 saturated carbocycles. The molecule has 8 atom stereocenters. The molecule has 0 bridgehead atoms. The van der Waals surface area contributed by atoms with Crippen molar-refractivity contribution in [1.29, 1.82) is 0 Å². The lowest BCUT2D eigenvalue weighted by Crippen LogP contribution is -2.53. The number of carboxylic acids is 1. The molecule has 0 aromatic rings. The molecule has 0 aromatic carbocycles. The fourth-order valence-electron chi connectivity index (χ4n) is 9.05. The number of hydrogen-bond acceptors (Lipinski definition) is 1. The van der Waals surface area contributed by atoms with Crippen molar-refractivity contribution in [2.75, 3.05) is 0 Å². The number of carbonyl (C=O) groups is 1. The van der Waals surface area contributed by atoms with Crippen LogP contribution >= 0.6 is 0 Å². The van der Waals surface area contributed by atoms with Gasteiger partial charge in [0.2, 0.25) is 0 Å². The molecular formula is C25H42O2. The smallest absolute Gasteiger partial charge is 0.303 e. The quantitative estimate of drug-likeness (QED) is 0.566. The Morgan fingerprint density at radius 2 is 1.74 bits per heavy atom. The highest BCUT2D eigenvalue weighted by Crippen LogP contribution is 2.68. The standard InChI is InChI=1S/C25H42O2/c1-17(7-6-9-23(26)27)20-12-13-21-19-11-10-18-8-4-5-15-24(18,2)22(19)14-16-25(20,21)3/h17-22H,4-16H2,1-3H3,(H,26,27)/t17-,18+,19+,20-,21+,22+,24+,25-/m1/s1. The summed E-state index contributed by atoms with van der Waals surface area (Å²) in [6.07, 6.45) is 17.0. The predicted molar refractivity (Wildman–Crippen MR) is 110 cm³/mol. The summed E-state index contributed by atoms with van der Waals surface area (Å²) in [5.74, 6) is 4.84. The Hall–Kier alpha value is -0.530. The van der Waals surface area contributed by atoms with Crippen LogP contribution in [0.5, 0.6) is 0 Å². The summed E-state index contributed by atoms with van der Waals surface area (Å²) in [4.78, 5) is 10.9. The Labute approximate surface area is 166 Å². The summed E-state index contributed by atoms with van der Waals surface area (Å²) in [6.45, 7) is 7.73. The molecule has 0 saturated heterocycles. The highest BCUT2D eigenvalue weighted by molar-refractivity contribution is 5.66. The maximum atomic E-state index is 10.9. The molecule has 0 spiro atoms. The Kier molecular flexibility index (Phi) is 5.40. The van der Waals surface area contributed by atoms with E-state index in [-0.39, 0.29) is 0 Å².